The highest BCUT2D eigenvalue weighted by molar-refractivity contribution is 6.95. The Balaban J connectivity index is 0.851. The van der Waals surface area contributed by atoms with Crippen molar-refractivity contribution < 1.29 is 14.2 Å². The molecule has 19 rings (SSSR count). The summed E-state index contributed by atoms with van der Waals surface area (Å²) in [5.41, 5.74) is 36.5. The fourth-order valence-electron chi connectivity index (χ4n) is 19.5. The number of rotatable bonds is 6. The van der Waals surface area contributed by atoms with Gasteiger partial charge in [-0.25, -0.2) is 0 Å². The Kier molecular flexibility index (Phi) is 15.2. The number of hydrogen-bond donors (Lipinski definition) is 0. The van der Waals surface area contributed by atoms with E-state index in [-0.39, 0.29) is 60.3 Å². The molecule has 6 aliphatic heterocycles. The van der Waals surface area contributed by atoms with Crippen molar-refractivity contribution in [1.82, 2.24) is 0 Å². The Bertz CT molecular complexity index is 5380. The predicted molar refractivity (Wildman–Crippen MR) is 443 cm³/mol. The zero-order valence-corrected chi connectivity index (χ0v) is 64.1. The van der Waals surface area contributed by atoms with E-state index in [9.17, 15) is 0 Å². The molecule has 0 N–H and O–H groups in total. The van der Waals surface area contributed by atoms with Gasteiger partial charge in [-0.05, 0) is 274 Å². The summed E-state index contributed by atoms with van der Waals surface area (Å²) in [6, 6.07) is 60.1. The highest BCUT2D eigenvalue weighted by Gasteiger charge is 2.53. The molecule has 0 bridgehead atoms. The quantitative estimate of drug-likeness (QED) is 0.155. The summed E-state index contributed by atoms with van der Waals surface area (Å²) >= 11 is 0. The van der Waals surface area contributed by atoms with Crippen LogP contribution in [-0.2, 0) is 10.2 Å². The molecule has 6 heterocycles. The van der Waals surface area contributed by atoms with E-state index in [1.807, 2.05) is 0 Å². The molecule has 0 radical (unpaired) electrons. The molecule has 6 unspecified atom stereocenters. The summed E-state index contributed by atoms with van der Waals surface area (Å²) in [7, 11) is 0. The van der Waals surface area contributed by atoms with Gasteiger partial charge in [0.05, 0.1) is 18.0 Å². The summed E-state index contributed by atoms with van der Waals surface area (Å²) in [6.45, 7) is 35.0. The monoisotopic (exact) mass is 1370 g/mol. The maximum absolute atomic E-state index is 7.43. The zero-order valence-electron chi connectivity index (χ0n) is 64.1. The largest absolute Gasteiger partial charge is 0.463 e. The minimum Gasteiger partial charge on any atom is -0.463 e. The topological polar surface area (TPSA) is 37.4 Å². The van der Waals surface area contributed by atoms with E-state index in [2.05, 4.69) is 319 Å². The minimum atomic E-state index is -0.103. The van der Waals surface area contributed by atoms with Crippen molar-refractivity contribution in [3.05, 3.63) is 279 Å². The Hall–Kier alpha value is -9.43. The van der Waals surface area contributed by atoms with E-state index in [1.165, 1.54) is 162 Å². The number of ether oxygens (including phenoxy) is 3. The zero-order chi connectivity index (χ0) is 72.2. The molecule has 0 spiro atoms. The van der Waals surface area contributed by atoms with E-state index in [0.717, 1.165) is 61.5 Å². The van der Waals surface area contributed by atoms with Crippen molar-refractivity contribution in [2.45, 2.75) is 166 Å². The van der Waals surface area contributed by atoms with Gasteiger partial charge in [-0.15, -0.1) is 0 Å². The number of fused-ring (bicyclic) bond motifs is 11. The first-order valence-corrected chi connectivity index (χ1v) is 39.1. The normalized spacial score (nSPS) is 22.4. The second kappa shape index (κ2) is 24.0. The molecule has 8 aromatic carbocycles. The second-order valence-electron chi connectivity index (χ2n) is 36.0. The van der Waals surface area contributed by atoms with Crippen LogP contribution in [0.15, 0.2) is 256 Å². The fraction of sp³-hybridized carbons (Fsp3) is 0.312. The molecule has 11 aliphatic rings. The molecule has 105 heavy (non-hydrogen) atoms. The lowest BCUT2D eigenvalue weighted by molar-refractivity contribution is 0.0271. The number of allylic oxidation sites excluding steroid dienone is 11. The van der Waals surface area contributed by atoms with Crippen molar-refractivity contribution in [2.24, 2.45) is 28.6 Å². The predicted octanol–water partition coefficient (Wildman–Crippen LogP) is 21.0. The average molecular weight is 1370 g/mol. The molecular weight excluding hydrogens is 1280 g/mol. The summed E-state index contributed by atoms with van der Waals surface area (Å²) in [5.74, 6) is 5.57. The van der Waals surface area contributed by atoms with Crippen LogP contribution in [0.25, 0.3) is 33.4 Å². The van der Waals surface area contributed by atoms with Crippen LogP contribution in [0.4, 0.5) is 34.1 Å². The van der Waals surface area contributed by atoms with Crippen LogP contribution in [0, 0.1) is 49.4 Å². The first-order chi connectivity index (χ1) is 50.3. The van der Waals surface area contributed by atoms with Crippen LogP contribution >= 0.6 is 0 Å². The van der Waals surface area contributed by atoms with Crippen molar-refractivity contribution in [3.63, 3.8) is 0 Å². The Morgan fingerprint density at radius 1 is 0.514 bits per heavy atom. The third-order valence-electron chi connectivity index (χ3n) is 25.4. The molecular formula is C96H96B3N3O3. The molecule has 1 fully saturated rings. The van der Waals surface area contributed by atoms with E-state index >= 15 is 0 Å². The van der Waals surface area contributed by atoms with Crippen LogP contribution in [0.5, 0.6) is 11.5 Å². The van der Waals surface area contributed by atoms with E-state index < -0.39 is 0 Å². The highest BCUT2D eigenvalue weighted by atomic mass is 16.5. The lowest BCUT2D eigenvalue weighted by Gasteiger charge is -2.50. The lowest BCUT2D eigenvalue weighted by Crippen LogP contribution is -2.57. The smallest absolute Gasteiger partial charge is 0.255 e. The molecule has 0 saturated carbocycles. The molecule has 5 aliphatic carbocycles. The molecule has 522 valence electrons. The summed E-state index contributed by atoms with van der Waals surface area (Å²) in [5, 5.41) is 0. The van der Waals surface area contributed by atoms with Gasteiger partial charge in [-0.1, -0.05) is 213 Å². The summed E-state index contributed by atoms with van der Waals surface area (Å²) in [4.78, 5) is 7.77. The fourth-order valence-corrected chi connectivity index (χ4v) is 19.5. The summed E-state index contributed by atoms with van der Waals surface area (Å²) < 4.78 is 22.0. The number of benzene rings is 8. The Labute approximate surface area is 624 Å². The van der Waals surface area contributed by atoms with Gasteiger partial charge in [0.15, 0.2) is 0 Å². The Morgan fingerprint density at radius 3 is 1.78 bits per heavy atom. The molecule has 6 atom stereocenters. The van der Waals surface area contributed by atoms with E-state index in [1.54, 1.807) is 0 Å². The third-order valence-corrected chi connectivity index (χ3v) is 25.4. The number of aryl methyl sites for hydroxylation is 3. The number of nitrogens with zero attached hydrogens (tertiary/aromatic N) is 3. The van der Waals surface area contributed by atoms with Gasteiger partial charge in [-0.2, -0.15) is 0 Å². The highest BCUT2D eigenvalue weighted by Crippen LogP contribution is 2.54. The molecule has 0 amide bonds. The standard InChI is InChI=1S/C96H96B3N3O3/c1-55-16-28-70(29-17-55)100-79-34-25-61(46-73(79)97-76-40-58(4)22-37-85(76)103-88-52-67(94(7,8)9)49-82(100)91(88)97)64-43-65(62-26-35-80-74(47-62)98-77-41-59(5)23-38-86(77)104-89-53-68(95(10,11)12)50-83(92(89)98)101(80)71-30-18-56(2)19-31-71)45-66(44-64)63-27-36-81-75(48-63)99-78-42-60(6)24-39-87(78)105-90-54-69(96(13,14)15)51-84(93(90)99)102(81)72-32-20-57(3)21-33-72/h16-20,22,24-37,39-40,42-50,53-54,57,59,69,76,85,88H,21,23,38,41,51-52H2,1-15H3. The van der Waals surface area contributed by atoms with Gasteiger partial charge in [0, 0.05) is 57.6 Å². The van der Waals surface area contributed by atoms with Gasteiger partial charge in [-0.3, -0.25) is 0 Å². The third kappa shape index (κ3) is 10.9. The van der Waals surface area contributed by atoms with Gasteiger partial charge in [0.25, 0.3) is 13.4 Å². The first-order valence-electron chi connectivity index (χ1n) is 39.1. The maximum Gasteiger partial charge on any atom is 0.255 e. The maximum atomic E-state index is 7.43. The second-order valence-corrected chi connectivity index (χ2v) is 36.0. The SMILES string of the molecule is CC1=CC2B3C4=C(C=C(C(C)(C)C)CC4OC2C=C1)N(c1ccc(C)cc1)c1ccc(-c2cc(-c4ccc5c(c4)B4C6=C(CC(C(C)(C)C)C=C6Oc6ccc(C)cc64)N5C4=CCC(C)C=C4)cc(-c4ccc5c(c4)B4C6=C(CCC(C)C6)Oc6cc(C(C)(C)C)cc(c64)N5c4ccc(C)cc4)c2)cc13. The van der Waals surface area contributed by atoms with Crippen LogP contribution in [0.3, 0.4) is 0 Å². The number of hydrogen-bond acceptors (Lipinski definition) is 6. The van der Waals surface area contributed by atoms with Gasteiger partial charge >= 0.3 is 0 Å². The van der Waals surface area contributed by atoms with Crippen molar-refractivity contribution >= 4 is 81.6 Å². The van der Waals surface area contributed by atoms with Crippen LogP contribution in [-0.4, -0.2) is 32.3 Å². The van der Waals surface area contributed by atoms with Crippen LogP contribution < -0.4 is 51.5 Å². The van der Waals surface area contributed by atoms with Gasteiger partial charge in [0.1, 0.15) is 17.3 Å². The number of anilines is 6. The molecule has 0 aromatic heterocycles. The molecule has 9 heteroatoms. The minimum absolute atomic E-state index is 0.0183. The van der Waals surface area contributed by atoms with Crippen LogP contribution in [0.2, 0.25) is 5.82 Å². The lowest BCUT2D eigenvalue weighted by atomic mass is 9.28. The van der Waals surface area contributed by atoms with Crippen molar-refractivity contribution in [1.29, 1.82) is 0 Å². The van der Waals surface area contributed by atoms with Gasteiger partial charge in [0.2, 0.25) is 6.71 Å². The van der Waals surface area contributed by atoms with Crippen molar-refractivity contribution in [3.8, 4) is 44.9 Å². The van der Waals surface area contributed by atoms with Gasteiger partial charge < -0.3 is 28.9 Å². The molecule has 6 nitrogen and oxygen atoms in total. The van der Waals surface area contributed by atoms with E-state index in [4.69, 9.17) is 14.2 Å². The summed E-state index contributed by atoms with van der Waals surface area (Å²) in [6.07, 6.45) is 25.2. The molecule has 8 aromatic rings. The average Bonchev–Trinajstić information content (AvgIpc) is 0.716. The Morgan fingerprint density at radius 2 is 1.14 bits per heavy atom. The van der Waals surface area contributed by atoms with Crippen LogP contribution in [0.1, 0.15) is 144 Å². The molecule has 1 saturated heterocycles. The van der Waals surface area contributed by atoms with Crippen molar-refractivity contribution in [2.75, 3.05) is 14.7 Å². The first kappa shape index (κ1) is 66.3. The van der Waals surface area contributed by atoms with E-state index in [0.29, 0.717) is 11.8 Å².